The average Bonchev–Trinajstić information content (AvgIpc) is 1.59. The smallest absolute Gasteiger partial charge is 0.171 e. The largest absolute Gasteiger partial charge is 0.392 e. The van der Waals surface area contributed by atoms with Gasteiger partial charge in [-0.15, -0.1) is 0 Å². The second kappa shape index (κ2) is 2.87. The molecule has 4 heteroatoms. The van der Waals surface area contributed by atoms with Crippen molar-refractivity contribution in [2.75, 3.05) is 0 Å². The van der Waals surface area contributed by atoms with Crippen LogP contribution in [0.1, 0.15) is 20.8 Å². The lowest BCUT2D eigenvalue weighted by Gasteiger charge is -2.27. The Morgan fingerprint density at radius 3 is 1.50 bits per heavy atom. The van der Waals surface area contributed by atoms with Crippen molar-refractivity contribution >= 4 is 22.6 Å². The van der Waals surface area contributed by atoms with Crippen LogP contribution >= 0.6 is 22.6 Å². The van der Waals surface area contributed by atoms with E-state index < -0.39 is 15.5 Å². The molecule has 0 radical (unpaired) electrons. The molecule has 1 unspecified atom stereocenters. The SMILES string of the molecule is CC(C(F)(F)F)C(C)(C)I. The molecule has 0 bridgehead atoms. The second-order valence-electron chi connectivity index (χ2n) is 2.83. The maximum absolute atomic E-state index is 11.9. The van der Waals surface area contributed by atoms with Gasteiger partial charge in [-0.25, -0.2) is 0 Å². The number of hydrogen-bond donors (Lipinski definition) is 0. The number of halogens is 4. The van der Waals surface area contributed by atoms with Gasteiger partial charge in [-0.3, -0.25) is 0 Å². The van der Waals surface area contributed by atoms with Crippen molar-refractivity contribution in [2.24, 2.45) is 5.92 Å². The van der Waals surface area contributed by atoms with E-state index in [1.54, 1.807) is 13.8 Å². The van der Waals surface area contributed by atoms with Crippen LogP contribution in [0.25, 0.3) is 0 Å². The Kier molecular flexibility index (Phi) is 3.02. The molecule has 0 aliphatic heterocycles. The monoisotopic (exact) mass is 266 g/mol. The predicted octanol–water partition coefficient (Wildman–Crippen LogP) is 3.40. The fourth-order valence-corrected chi connectivity index (χ4v) is 0.742. The predicted molar refractivity (Wildman–Crippen MR) is 43.3 cm³/mol. The minimum absolute atomic E-state index is 0.712. The molecule has 0 aliphatic carbocycles. The molecular weight excluding hydrogens is 256 g/mol. The van der Waals surface area contributed by atoms with Crippen LogP contribution in [0.4, 0.5) is 13.2 Å². The van der Waals surface area contributed by atoms with Crippen LogP contribution in [-0.4, -0.2) is 9.60 Å². The average molecular weight is 266 g/mol. The third kappa shape index (κ3) is 3.07. The molecular formula is C6H10F3I. The highest BCUT2D eigenvalue weighted by Gasteiger charge is 2.44. The van der Waals surface area contributed by atoms with Crippen LogP contribution in [0.15, 0.2) is 0 Å². The Bertz CT molecular complexity index is 97.1. The highest BCUT2D eigenvalue weighted by molar-refractivity contribution is 14.1. The van der Waals surface area contributed by atoms with Crippen molar-refractivity contribution in [1.82, 2.24) is 0 Å². The summed E-state index contributed by atoms with van der Waals surface area (Å²) >= 11 is 1.81. The first-order valence-electron chi connectivity index (χ1n) is 2.91. The molecule has 62 valence electrons. The molecule has 1 atom stereocenters. The van der Waals surface area contributed by atoms with E-state index in [1.807, 2.05) is 22.6 Å². The summed E-state index contributed by atoms with van der Waals surface area (Å²) in [7, 11) is 0. The summed E-state index contributed by atoms with van der Waals surface area (Å²) in [6, 6.07) is 0. The zero-order valence-electron chi connectivity index (χ0n) is 6.09. The first kappa shape index (κ1) is 10.5. The van der Waals surface area contributed by atoms with Crippen LogP contribution in [0.2, 0.25) is 0 Å². The minimum atomic E-state index is -4.06. The normalized spacial score (nSPS) is 17.1. The Morgan fingerprint density at radius 2 is 1.50 bits per heavy atom. The summed E-state index contributed by atoms with van der Waals surface area (Å²) in [6.07, 6.45) is -4.06. The minimum Gasteiger partial charge on any atom is -0.171 e. The molecule has 0 aromatic rings. The Morgan fingerprint density at radius 1 is 1.20 bits per heavy atom. The van der Waals surface area contributed by atoms with Gasteiger partial charge < -0.3 is 0 Å². The van der Waals surface area contributed by atoms with Gasteiger partial charge in [-0.05, 0) is 0 Å². The van der Waals surface area contributed by atoms with Crippen molar-refractivity contribution in [3.05, 3.63) is 0 Å². The Labute approximate surface area is 72.3 Å². The van der Waals surface area contributed by atoms with E-state index in [9.17, 15) is 13.2 Å². The molecule has 0 aromatic carbocycles. The van der Waals surface area contributed by atoms with E-state index in [0.717, 1.165) is 0 Å². The van der Waals surface area contributed by atoms with Crippen LogP contribution in [0.5, 0.6) is 0 Å². The van der Waals surface area contributed by atoms with E-state index in [4.69, 9.17) is 0 Å². The molecule has 0 amide bonds. The van der Waals surface area contributed by atoms with Gasteiger partial charge in [0.1, 0.15) is 0 Å². The summed E-state index contributed by atoms with van der Waals surface area (Å²) in [5.74, 6) is -1.25. The first-order valence-corrected chi connectivity index (χ1v) is 3.99. The molecule has 10 heavy (non-hydrogen) atoms. The fraction of sp³-hybridized carbons (Fsp3) is 1.00. The summed E-state index contributed by atoms with van der Waals surface area (Å²) in [6.45, 7) is 4.35. The van der Waals surface area contributed by atoms with E-state index in [2.05, 4.69) is 0 Å². The maximum Gasteiger partial charge on any atom is 0.392 e. The quantitative estimate of drug-likeness (QED) is 0.504. The van der Waals surface area contributed by atoms with E-state index in [-0.39, 0.29) is 0 Å². The summed E-state index contributed by atoms with van der Waals surface area (Å²) in [5, 5.41) is 0. The third-order valence-corrected chi connectivity index (χ3v) is 2.45. The van der Waals surface area contributed by atoms with Crippen molar-refractivity contribution in [2.45, 2.75) is 30.4 Å². The topological polar surface area (TPSA) is 0 Å². The van der Waals surface area contributed by atoms with Crippen molar-refractivity contribution in [3.8, 4) is 0 Å². The summed E-state index contributed by atoms with van der Waals surface area (Å²) in [4.78, 5) is 0. The van der Waals surface area contributed by atoms with Gasteiger partial charge in [-0.1, -0.05) is 43.4 Å². The van der Waals surface area contributed by atoms with Crippen molar-refractivity contribution < 1.29 is 13.2 Å². The number of rotatable bonds is 1. The summed E-state index contributed by atoms with van der Waals surface area (Å²) in [5.41, 5.74) is 0. The molecule has 0 fully saturated rings. The van der Waals surface area contributed by atoms with Gasteiger partial charge >= 0.3 is 6.18 Å². The van der Waals surface area contributed by atoms with Crippen LogP contribution < -0.4 is 0 Å². The number of alkyl halides is 4. The highest BCUT2D eigenvalue weighted by Crippen LogP contribution is 2.38. The van der Waals surface area contributed by atoms with Crippen molar-refractivity contribution in [1.29, 1.82) is 0 Å². The van der Waals surface area contributed by atoms with Crippen LogP contribution in [0, 0.1) is 5.92 Å². The van der Waals surface area contributed by atoms with Crippen molar-refractivity contribution in [3.63, 3.8) is 0 Å². The third-order valence-electron chi connectivity index (χ3n) is 1.52. The van der Waals surface area contributed by atoms with E-state index in [0.29, 0.717) is 0 Å². The van der Waals surface area contributed by atoms with Gasteiger partial charge in [0, 0.05) is 3.42 Å². The van der Waals surface area contributed by atoms with Gasteiger partial charge in [0.05, 0.1) is 5.92 Å². The molecule has 0 nitrogen and oxygen atoms in total. The maximum atomic E-state index is 11.9. The Hall–Kier alpha value is 0.520. The van der Waals surface area contributed by atoms with E-state index in [1.165, 1.54) is 6.92 Å². The lowest BCUT2D eigenvalue weighted by atomic mass is 9.98. The zero-order chi connectivity index (χ0) is 8.58. The summed E-state index contributed by atoms with van der Waals surface area (Å²) < 4.78 is 35.1. The Balaban J connectivity index is 4.23. The fourth-order valence-electron chi connectivity index (χ4n) is 0.389. The van der Waals surface area contributed by atoms with E-state index >= 15 is 0 Å². The lowest BCUT2D eigenvalue weighted by Crippen LogP contribution is -2.34. The molecule has 0 spiro atoms. The molecule has 0 N–H and O–H groups in total. The molecule has 0 saturated heterocycles. The zero-order valence-corrected chi connectivity index (χ0v) is 8.25. The first-order chi connectivity index (χ1) is 4.15. The highest BCUT2D eigenvalue weighted by atomic mass is 127. The number of hydrogen-bond acceptors (Lipinski definition) is 0. The molecule has 0 aromatic heterocycles. The molecule has 0 saturated carbocycles. The molecule has 0 aliphatic rings. The van der Waals surface area contributed by atoms with Crippen LogP contribution in [-0.2, 0) is 0 Å². The van der Waals surface area contributed by atoms with Gasteiger partial charge in [0.15, 0.2) is 0 Å². The van der Waals surface area contributed by atoms with Gasteiger partial charge in [0.25, 0.3) is 0 Å². The second-order valence-corrected chi connectivity index (χ2v) is 5.61. The van der Waals surface area contributed by atoms with Gasteiger partial charge in [0.2, 0.25) is 0 Å². The molecule has 0 heterocycles. The van der Waals surface area contributed by atoms with Gasteiger partial charge in [-0.2, -0.15) is 13.2 Å². The molecule has 0 rings (SSSR count). The standard InChI is InChI=1S/C6H10F3I/c1-4(5(2,3)10)6(7,8)9/h4H,1-3H3. The van der Waals surface area contributed by atoms with Crippen LogP contribution in [0.3, 0.4) is 0 Å². The lowest BCUT2D eigenvalue weighted by molar-refractivity contribution is -0.174.